The molecule has 0 aromatic carbocycles. The molecule has 164 valence electrons. The Morgan fingerprint density at radius 1 is 0.931 bits per heavy atom. The minimum absolute atomic E-state index is 0.306. The molecule has 0 spiro atoms. The van der Waals surface area contributed by atoms with Gasteiger partial charge in [0.2, 0.25) is 0 Å². The van der Waals surface area contributed by atoms with Crippen LogP contribution in [0.4, 0.5) is 13.2 Å². The molecule has 0 N–H and O–H groups in total. The van der Waals surface area contributed by atoms with Crippen molar-refractivity contribution >= 4 is 0 Å². The van der Waals surface area contributed by atoms with Gasteiger partial charge in [0.05, 0.1) is 22.2 Å². The lowest BCUT2D eigenvalue weighted by molar-refractivity contribution is -0.442. The van der Waals surface area contributed by atoms with Crippen LogP contribution in [0.2, 0.25) is 0 Å². The molecule has 0 saturated carbocycles. The van der Waals surface area contributed by atoms with E-state index in [1.807, 2.05) is 38.0 Å². The summed E-state index contributed by atoms with van der Waals surface area (Å²) in [6, 6.07) is 0. The van der Waals surface area contributed by atoms with Crippen LogP contribution in [0, 0.1) is 20.2 Å². The van der Waals surface area contributed by atoms with Crippen molar-refractivity contribution in [2.45, 2.75) is 32.0 Å². The van der Waals surface area contributed by atoms with Crippen molar-refractivity contribution in [1.29, 1.82) is 0 Å². The highest BCUT2D eigenvalue weighted by atomic mass is 19.4. The second-order valence-corrected chi connectivity index (χ2v) is 7.21. The maximum atomic E-state index is 13.1. The van der Waals surface area contributed by atoms with E-state index in [2.05, 4.69) is 0 Å². The summed E-state index contributed by atoms with van der Waals surface area (Å²) < 4.78 is 39.3. The van der Waals surface area contributed by atoms with Gasteiger partial charge in [0.25, 0.3) is 11.4 Å². The standard InChI is InChI=1S/C17H26F3N5O4/c1-21(2)9-5-7-13(8-6-10-22(3)4)16-14(24(26)27)11-23(17(18,19)20)12-15(16)25(28)29/h11-12H,5-10H2,1-4H3. The number of rotatable bonds is 10. The fourth-order valence-corrected chi connectivity index (χ4v) is 2.94. The molecule has 0 saturated heterocycles. The second-order valence-electron chi connectivity index (χ2n) is 7.21. The average Bonchev–Trinajstić information content (AvgIpc) is 2.57. The first-order chi connectivity index (χ1) is 13.3. The minimum Gasteiger partial charge on any atom is -0.309 e. The molecule has 9 nitrogen and oxygen atoms in total. The van der Waals surface area contributed by atoms with Crippen LogP contribution in [0.1, 0.15) is 25.7 Å². The summed E-state index contributed by atoms with van der Waals surface area (Å²) in [5, 5.41) is 23.0. The monoisotopic (exact) mass is 421 g/mol. The third kappa shape index (κ3) is 7.46. The Labute approximate surface area is 167 Å². The minimum atomic E-state index is -5.01. The lowest BCUT2D eigenvalue weighted by Gasteiger charge is -2.23. The molecule has 0 atom stereocenters. The zero-order valence-corrected chi connectivity index (χ0v) is 16.9. The maximum absolute atomic E-state index is 13.1. The highest BCUT2D eigenvalue weighted by Gasteiger charge is 2.44. The molecular formula is C17H26F3N5O4. The molecule has 1 aliphatic heterocycles. The van der Waals surface area contributed by atoms with Gasteiger partial charge in [-0.1, -0.05) is 0 Å². The van der Waals surface area contributed by atoms with E-state index >= 15 is 0 Å². The van der Waals surface area contributed by atoms with E-state index in [0.29, 0.717) is 56.7 Å². The van der Waals surface area contributed by atoms with Gasteiger partial charge in [-0.15, -0.1) is 13.2 Å². The van der Waals surface area contributed by atoms with Gasteiger partial charge < -0.3 is 9.80 Å². The number of halogens is 3. The van der Waals surface area contributed by atoms with Crippen LogP contribution < -0.4 is 0 Å². The van der Waals surface area contributed by atoms with E-state index in [0.717, 1.165) is 0 Å². The zero-order valence-electron chi connectivity index (χ0n) is 16.9. The first kappa shape index (κ1) is 24.6. The molecule has 0 aromatic rings. The largest absolute Gasteiger partial charge is 0.488 e. The number of allylic oxidation sites excluding steroid dienone is 1. The SMILES string of the molecule is CN(C)CCCC(CCCN(C)C)=C1C([N+](=O)[O-])=CN(C(F)(F)F)C=C1[N+](=O)[O-]. The normalized spacial score (nSPS) is 14.9. The van der Waals surface area contributed by atoms with Crippen molar-refractivity contribution in [3.05, 3.63) is 55.2 Å². The Bertz CT molecular complexity index is 664. The molecule has 0 unspecified atom stereocenters. The quantitative estimate of drug-likeness (QED) is 0.304. The molecule has 0 fully saturated rings. The lowest BCUT2D eigenvalue weighted by atomic mass is 9.93. The van der Waals surface area contributed by atoms with Crippen molar-refractivity contribution < 1.29 is 23.0 Å². The second kappa shape index (κ2) is 10.3. The van der Waals surface area contributed by atoms with Gasteiger partial charge in [-0.3, -0.25) is 25.1 Å². The molecule has 12 heteroatoms. The van der Waals surface area contributed by atoms with Gasteiger partial charge in [-0.2, -0.15) is 0 Å². The first-order valence-corrected chi connectivity index (χ1v) is 8.94. The Balaban J connectivity index is 3.48. The summed E-state index contributed by atoms with van der Waals surface area (Å²) in [6.45, 7) is 1.27. The smallest absolute Gasteiger partial charge is 0.309 e. The zero-order chi connectivity index (χ0) is 22.4. The van der Waals surface area contributed by atoms with Crippen molar-refractivity contribution in [2.75, 3.05) is 41.3 Å². The predicted molar refractivity (Wildman–Crippen MR) is 101 cm³/mol. The van der Waals surface area contributed by atoms with Crippen LogP contribution in [0.25, 0.3) is 0 Å². The maximum Gasteiger partial charge on any atom is 0.488 e. The molecule has 1 heterocycles. The van der Waals surface area contributed by atoms with Crippen LogP contribution in [-0.4, -0.2) is 72.1 Å². The molecule has 1 rings (SSSR count). The number of hydrogen-bond donors (Lipinski definition) is 0. The van der Waals surface area contributed by atoms with Crippen molar-refractivity contribution in [3.8, 4) is 0 Å². The Kier molecular flexibility index (Phi) is 8.77. The molecule has 0 amide bonds. The molecule has 29 heavy (non-hydrogen) atoms. The number of hydrogen-bond acceptors (Lipinski definition) is 7. The Morgan fingerprint density at radius 3 is 1.59 bits per heavy atom. The number of nitrogens with zero attached hydrogens (tertiary/aromatic N) is 5. The van der Waals surface area contributed by atoms with Crippen LogP contribution in [0.15, 0.2) is 34.9 Å². The Morgan fingerprint density at radius 2 is 1.31 bits per heavy atom. The Hall–Kier alpha value is -2.47. The molecule has 0 bridgehead atoms. The summed E-state index contributed by atoms with van der Waals surface area (Å²) >= 11 is 0. The van der Waals surface area contributed by atoms with E-state index in [9.17, 15) is 33.4 Å². The van der Waals surface area contributed by atoms with E-state index in [1.165, 1.54) is 0 Å². The third-order valence-corrected chi connectivity index (χ3v) is 4.24. The summed E-state index contributed by atoms with van der Waals surface area (Å²) in [5.74, 6) is 0. The van der Waals surface area contributed by atoms with Crippen LogP contribution in [0.5, 0.6) is 0 Å². The van der Waals surface area contributed by atoms with Crippen molar-refractivity contribution in [3.63, 3.8) is 0 Å². The van der Waals surface area contributed by atoms with Gasteiger partial charge in [-0.05, 0) is 72.5 Å². The lowest BCUT2D eigenvalue weighted by Crippen LogP contribution is -2.34. The van der Waals surface area contributed by atoms with E-state index in [-0.39, 0.29) is 5.57 Å². The highest BCUT2D eigenvalue weighted by Crippen LogP contribution is 2.36. The molecule has 0 aromatic heterocycles. The van der Waals surface area contributed by atoms with Gasteiger partial charge >= 0.3 is 6.30 Å². The fourth-order valence-electron chi connectivity index (χ4n) is 2.94. The van der Waals surface area contributed by atoms with Crippen molar-refractivity contribution in [2.24, 2.45) is 0 Å². The van der Waals surface area contributed by atoms with Crippen LogP contribution in [-0.2, 0) is 0 Å². The topological polar surface area (TPSA) is 96.0 Å². The van der Waals surface area contributed by atoms with Gasteiger partial charge in [-0.25, -0.2) is 0 Å². The highest BCUT2D eigenvalue weighted by molar-refractivity contribution is 5.46. The van der Waals surface area contributed by atoms with Gasteiger partial charge in [0, 0.05) is 0 Å². The fraction of sp³-hybridized carbons (Fsp3) is 0.647. The van der Waals surface area contributed by atoms with E-state index in [4.69, 9.17) is 0 Å². The van der Waals surface area contributed by atoms with E-state index in [1.54, 1.807) is 0 Å². The van der Waals surface area contributed by atoms with Crippen LogP contribution >= 0.6 is 0 Å². The first-order valence-electron chi connectivity index (χ1n) is 8.94. The number of nitro groups is 2. The summed E-state index contributed by atoms with van der Waals surface area (Å²) in [5.41, 5.74) is -1.73. The number of alkyl halides is 3. The van der Waals surface area contributed by atoms with E-state index < -0.39 is 32.4 Å². The molecule has 0 radical (unpaired) electrons. The molecule has 1 aliphatic rings. The van der Waals surface area contributed by atoms with Gasteiger partial charge in [0.1, 0.15) is 5.57 Å². The molecular weight excluding hydrogens is 395 g/mol. The molecule has 0 aliphatic carbocycles. The summed E-state index contributed by atoms with van der Waals surface area (Å²) in [6.07, 6.45) is -2.66. The summed E-state index contributed by atoms with van der Waals surface area (Å²) in [7, 11) is 7.35. The van der Waals surface area contributed by atoms with Gasteiger partial charge in [0.15, 0.2) is 0 Å². The third-order valence-electron chi connectivity index (χ3n) is 4.24. The van der Waals surface area contributed by atoms with Crippen LogP contribution in [0.3, 0.4) is 0 Å². The summed E-state index contributed by atoms with van der Waals surface area (Å²) in [4.78, 5) is 24.4. The predicted octanol–water partition coefficient (Wildman–Crippen LogP) is 3.04. The average molecular weight is 421 g/mol. The van der Waals surface area contributed by atoms with Crippen molar-refractivity contribution in [1.82, 2.24) is 14.7 Å².